The van der Waals surface area contributed by atoms with Crippen LogP contribution < -0.4 is 4.90 Å². The lowest BCUT2D eigenvalue weighted by molar-refractivity contribution is -0.119. The number of Topliss-reactive ketones (excluding diaryl/α,β-unsaturated/α-hetero) is 1. The van der Waals surface area contributed by atoms with Crippen LogP contribution in [0.4, 0.5) is 9.52 Å². The van der Waals surface area contributed by atoms with Crippen LogP contribution in [0.3, 0.4) is 0 Å². The van der Waals surface area contributed by atoms with Crippen LogP contribution in [-0.4, -0.2) is 47.1 Å². The molecule has 0 bridgehead atoms. The Labute approximate surface area is 169 Å². The maximum Gasteiger partial charge on any atom is 0.208 e. The molecule has 0 amide bonds. The van der Waals surface area contributed by atoms with Gasteiger partial charge in [0.25, 0.3) is 0 Å². The smallest absolute Gasteiger partial charge is 0.208 e. The average Bonchev–Trinajstić information content (AvgIpc) is 3.36. The number of hydrogen-bond acceptors (Lipinski definition) is 6. The molecular weight excluding hydrogens is 375 g/mol. The Hall–Kier alpha value is -1.86. The van der Waals surface area contributed by atoms with Crippen molar-refractivity contribution >= 4 is 22.3 Å². The molecule has 2 heterocycles. The summed E-state index contributed by atoms with van der Waals surface area (Å²) in [6.45, 7) is 4.50. The standard InChI is InChI=1S/C21H27FN4OS/c22-18-7-5-17(6-8-18)15-25-9-11-26(12-10-25)21-24-23-20(28-21)14-19(27)13-16-3-1-2-4-16/h5-8,16H,1-4,9-15H2. The normalized spacial score (nSPS) is 18.7. The monoisotopic (exact) mass is 402 g/mol. The van der Waals surface area contributed by atoms with Crippen molar-refractivity contribution in [2.45, 2.75) is 45.1 Å². The molecule has 5 nitrogen and oxygen atoms in total. The number of hydrogen-bond donors (Lipinski definition) is 0. The molecule has 2 aromatic rings. The van der Waals surface area contributed by atoms with Gasteiger partial charge in [-0.05, 0) is 23.6 Å². The first-order valence-corrected chi connectivity index (χ1v) is 11.0. The predicted octanol–water partition coefficient (Wildman–Crippen LogP) is 3.69. The van der Waals surface area contributed by atoms with Crippen LogP contribution in [0.2, 0.25) is 0 Å². The Bertz CT molecular complexity index is 780. The van der Waals surface area contributed by atoms with E-state index in [2.05, 4.69) is 20.0 Å². The third-order valence-electron chi connectivity index (χ3n) is 5.76. The quantitative estimate of drug-likeness (QED) is 0.707. The van der Waals surface area contributed by atoms with Crippen LogP contribution in [0.15, 0.2) is 24.3 Å². The SMILES string of the molecule is O=C(Cc1nnc(N2CCN(Cc3ccc(F)cc3)CC2)s1)CC1CCCC1. The van der Waals surface area contributed by atoms with Gasteiger partial charge in [0.05, 0.1) is 6.42 Å². The fraction of sp³-hybridized carbons (Fsp3) is 0.571. The molecule has 1 aromatic carbocycles. The Balaban J connectivity index is 1.24. The molecule has 7 heteroatoms. The number of piperazine rings is 1. The van der Waals surface area contributed by atoms with Crippen LogP contribution >= 0.6 is 11.3 Å². The molecule has 1 aromatic heterocycles. The molecule has 2 fully saturated rings. The van der Waals surface area contributed by atoms with Crippen LogP contribution in [0.5, 0.6) is 0 Å². The van der Waals surface area contributed by atoms with Gasteiger partial charge < -0.3 is 4.90 Å². The zero-order valence-electron chi connectivity index (χ0n) is 16.1. The minimum Gasteiger partial charge on any atom is -0.344 e. The van der Waals surface area contributed by atoms with Gasteiger partial charge in [-0.1, -0.05) is 49.2 Å². The summed E-state index contributed by atoms with van der Waals surface area (Å²) in [5, 5.41) is 10.3. The summed E-state index contributed by atoms with van der Waals surface area (Å²) in [6, 6.07) is 6.73. The van der Waals surface area contributed by atoms with Crippen molar-refractivity contribution in [2.24, 2.45) is 5.92 Å². The lowest BCUT2D eigenvalue weighted by atomic mass is 10.00. The Kier molecular flexibility index (Phi) is 6.32. The van der Waals surface area contributed by atoms with Crippen molar-refractivity contribution in [3.8, 4) is 0 Å². The predicted molar refractivity (Wildman–Crippen MR) is 109 cm³/mol. The number of ketones is 1. The van der Waals surface area contributed by atoms with Crippen LogP contribution in [-0.2, 0) is 17.8 Å². The van der Waals surface area contributed by atoms with Gasteiger partial charge >= 0.3 is 0 Å². The van der Waals surface area contributed by atoms with Crippen LogP contribution in [0.1, 0.15) is 42.7 Å². The second-order valence-corrected chi connectivity index (χ2v) is 8.98. The number of nitrogens with zero attached hydrogens (tertiary/aromatic N) is 4. The summed E-state index contributed by atoms with van der Waals surface area (Å²) >= 11 is 1.56. The fourth-order valence-electron chi connectivity index (χ4n) is 4.17. The van der Waals surface area contributed by atoms with Gasteiger partial charge in [-0.3, -0.25) is 9.69 Å². The maximum atomic E-state index is 13.0. The highest BCUT2D eigenvalue weighted by Gasteiger charge is 2.22. The maximum absolute atomic E-state index is 13.0. The molecule has 4 rings (SSSR count). The summed E-state index contributed by atoms with van der Waals surface area (Å²) < 4.78 is 13.0. The lowest BCUT2D eigenvalue weighted by Gasteiger charge is -2.34. The van der Waals surface area contributed by atoms with E-state index in [-0.39, 0.29) is 5.82 Å². The summed E-state index contributed by atoms with van der Waals surface area (Å²) in [4.78, 5) is 16.9. The number of aromatic nitrogens is 2. The highest BCUT2D eigenvalue weighted by atomic mass is 32.1. The topological polar surface area (TPSA) is 49.3 Å². The van der Waals surface area contributed by atoms with Crippen molar-refractivity contribution in [3.63, 3.8) is 0 Å². The van der Waals surface area contributed by atoms with Crippen molar-refractivity contribution in [2.75, 3.05) is 31.1 Å². The molecular formula is C21H27FN4OS. The van der Waals surface area contributed by atoms with E-state index in [1.54, 1.807) is 11.3 Å². The van der Waals surface area contributed by atoms with Gasteiger partial charge in [0, 0.05) is 39.1 Å². The molecule has 0 atom stereocenters. The highest BCUT2D eigenvalue weighted by molar-refractivity contribution is 7.15. The van der Waals surface area contributed by atoms with Crippen LogP contribution in [0.25, 0.3) is 0 Å². The zero-order chi connectivity index (χ0) is 19.3. The number of benzene rings is 1. The third-order valence-corrected chi connectivity index (χ3v) is 6.74. The molecule has 0 spiro atoms. The van der Waals surface area contributed by atoms with E-state index >= 15 is 0 Å². The summed E-state index contributed by atoms with van der Waals surface area (Å²) in [5.74, 6) is 0.704. The lowest BCUT2D eigenvalue weighted by Crippen LogP contribution is -2.45. The highest BCUT2D eigenvalue weighted by Crippen LogP contribution is 2.29. The first-order chi connectivity index (χ1) is 13.7. The second-order valence-electron chi connectivity index (χ2n) is 7.94. The zero-order valence-corrected chi connectivity index (χ0v) is 17.0. The van der Waals surface area contributed by atoms with E-state index < -0.39 is 0 Å². The van der Waals surface area contributed by atoms with E-state index in [0.717, 1.165) is 48.4 Å². The minimum absolute atomic E-state index is 0.192. The first-order valence-electron chi connectivity index (χ1n) is 10.2. The van der Waals surface area contributed by atoms with Gasteiger partial charge in [0.1, 0.15) is 16.6 Å². The van der Waals surface area contributed by atoms with Gasteiger partial charge in [0.2, 0.25) is 5.13 Å². The summed E-state index contributed by atoms with van der Waals surface area (Å²) in [7, 11) is 0. The average molecular weight is 403 g/mol. The molecule has 0 N–H and O–H groups in total. The number of halogens is 1. The van der Waals surface area contributed by atoms with Crippen LogP contribution in [0, 0.1) is 11.7 Å². The van der Waals surface area contributed by atoms with Gasteiger partial charge in [0.15, 0.2) is 0 Å². The number of carbonyl (C=O) groups is 1. The fourth-order valence-corrected chi connectivity index (χ4v) is 5.09. The van der Waals surface area contributed by atoms with Gasteiger partial charge in [-0.2, -0.15) is 0 Å². The molecule has 28 heavy (non-hydrogen) atoms. The van der Waals surface area contributed by atoms with Gasteiger partial charge in [-0.15, -0.1) is 10.2 Å². The first kappa shape index (κ1) is 19.5. The van der Waals surface area contributed by atoms with E-state index in [9.17, 15) is 9.18 Å². The minimum atomic E-state index is -0.192. The molecule has 2 aliphatic rings. The molecule has 0 unspecified atom stereocenters. The van der Waals surface area contributed by atoms with Crippen molar-refractivity contribution in [1.29, 1.82) is 0 Å². The Morgan fingerprint density at radius 1 is 1.07 bits per heavy atom. The number of anilines is 1. The molecule has 1 saturated carbocycles. The third kappa shape index (κ3) is 5.14. The van der Waals surface area contributed by atoms with Crippen molar-refractivity contribution in [3.05, 3.63) is 40.7 Å². The largest absolute Gasteiger partial charge is 0.344 e. The van der Waals surface area contributed by atoms with Crippen molar-refractivity contribution < 1.29 is 9.18 Å². The molecule has 1 saturated heterocycles. The van der Waals surface area contributed by atoms with E-state index in [1.807, 2.05) is 12.1 Å². The van der Waals surface area contributed by atoms with Crippen molar-refractivity contribution in [1.82, 2.24) is 15.1 Å². The molecule has 150 valence electrons. The van der Waals surface area contributed by atoms with E-state index in [4.69, 9.17) is 0 Å². The van der Waals surface area contributed by atoms with E-state index in [0.29, 0.717) is 24.5 Å². The number of rotatable bonds is 7. The Morgan fingerprint density at radius 2 is 1.79 bits per heavy atom. The molecule has 1 aliphatic carbocycles. The summed E-state index contributed by atoms with van der Waals surface area (Å²) in [6.07, 6.45) is 6.09. The summed E-state index contributed by atoms with van der Waals surface area (Å²) in [5.41, 5.74) is 1.13. The number of carbonyl (C=O) groups excluding carboxylic acids is 1. The van der Waals surface area contributed by atoms with Gasteiger partial charge in [-0.25, -0.2) is 4.39 Å². The molecule has 0 radical (unpaired) electrons. The second kappa shape index (κ2) is 9.09. The Morgan fingerprint density at radius 3 is 2.50 bits per heavy atom. The molecule has 1 aliphatic heterocycles. The van der Waals surface area contributed by atoms with E-state index in [1.165, 1.54) is 37.8 Å².